The highest BCUT2D eigenvalue weighted by Crippen LogP contribution is 2.23. The van der Waals surface area contributed by atoms with Crippen molar-refractivity contribution in [2.24, 2.45) is 11.5 Å². The smallest absolute Gasteiger partial charge is 0.393 e. The predicted molar refractivity (Wildman–Crippen MR) is 34.9 cm³/mol. The lowest BCUT2D eigenvalue weighted by atomic mass is 10.2. The molecule has 0 aliphatic heterocycles. The summed E-state index contributed by atoms with van der Waals surface area (Å²) < 4.78 is 34.8. The van der Waals surface area contributed by atoms with Gasteiger partial charge in [0.05, 0.1) is 6.42 Å². The number of amidine groups is 1. The minimum atomic E-state index is -4.36. The summed E-state index contributed by atoms with van der Waals surface area (Å²) in [6, 6.07) is 0. The summed E-state index contributed by atoms with van der Waals surface area (Å²) in [4.78, 5) is 0. The molecule has 0 atom stereocenters. The summed E-state index contributed by atoms with van der Waals surface area (Å²) in [6.45, 7) is 0. The van der Waals surface area contributed by atoms with Gasteiger partial charge in [0.2, 0.25) is 0 Å². The minimum absolute atomic E-state index is 0.405. The van der Waals surface area contributed by atoms with Crippen LogP contribution in [0.25, 0.3) is 0 Å². The molecule has 0 rings (SSSR count). The number of hydrogen-bond donors (Lipinski definition) is 3. The van der Waals surface area contributed by atoms with Crippen molar-refractivity contribution < 1.29 is 13.2 Å². The molecular formula is C5H8F3N3. The highest BCUT2D eigenvalue weighted by atomic mass is 19.4. The maximum Gasteiger partial charge on any atom is 0.393 e. The van der Waals surface area contributed by atoms with E-state index in [0.29, 0.717) is 6.20 Å². The standard InChI is InChI=1S/C5H8F3N3/c6-5(7,8)1-3(2-9)4(10)11/h2H,1,9H2,(H3,10,11)/b3-2-. The molecule has 0 bridgehead atoms. The Morgan fingerprint density at radius 3 is 2.00 bits per heavy atom. The fourth-order valence-electron chi connectivity index (χ4n) is 0.460. The van der Waals surface area contributed by atoms with Crippen molar-refractivity contribution in [3.63, 3.8) is 0 Å². The van der Waals surface area contributed by atoms with Crippen LogP contribution in [0.1, 0.15) is 6.42 Å². The largest absolute Gasteiger partial charge is 0.404 e. The van der Waals surface area contributed by atoms with Crippen LogP contribution in [-0.2, 0) is 0 Å². The molecule has 0 saturated carbocycles. The van der Waals surface area contributed by atoms with Gasteiger partial charge in [-0.05, 0) is 0 Å². The molecule has 0 aliphatic rings. The lowest BCUT2D eigenvalue weighted by Crippen LogP contribution is -2.20. The molecule has 3 nitrogen and oxygen atoms in total. The fourth-order valence-corrected chi connectivity index (χ4v) is 0.460. The first-order valence-corrected chi connectivity index (χ1v) is 2.68. The summed E-state index contributed by atoms with van der Waals surface area (Å²) in [5.74, 6) is -0.648. The van der Waals surface area contributed by atoms with Gasteiger partial charge in [0.1, 0.15) is 5.84 Å². The second-order valence-electron chi connectivity index (χ2n) is 1.90. The van der Waals surface area contributed by atoms with Crippen LogP contribution >= 0.6 is 0 Å². The third-order valence-electron chi connectivity index (χ3n) is 0.938. The van der Waals surface area contributed by atoms with Crippen molar-refractivity contribution in [3.05, 3.63) is 11.8 Å². The van der Waals surface area contributed by atoms with Gasteiger partial charge < -0.3 is 11.5 Å². The normalized spacial score (nSPS) is 13.2. The Labute approximate surface area is 61.4 Å². The fraction of sp³-hybridized carbons (Fsp3) is 0.400. The molecule has 64 valence electrons. The van der Waals surface area contributed by atoms with Gasteiger partial charge in [-0.15, -0.1) is 0 Å². The predicted octanol–water partition coefficient (Wildman–Crippen LogP) is 0.717. The van der Waals surface area contributed by atoms with E-state index in [0.717, 1.165) is 0 Å². The van der Waals surface area contributed by atoms with Crippen molar-refractivity contribution in [1.82, 2.24) is 0 Å². The number of halogens is 3. The van der Waals surface area contributed by atoms with Gasteiger partial charge >= 0.3 is 6.18 Å². The molecule has 0 saturated heterocycles. The molecule has 6 heteroatoms. The molecule has 0 fully saturated rings. The van der Waals surface area contributed by atoms with E-state index >= 15 is 0 Å². The van der Waals surface area contributed by atoms with E-state index in [-0.39, 0.29) is 0 Å². The van der Waals surface area contributed by atoms with Crippen molar-refractivity contribution >= 4 is 5.84 Å². The zero-order chi connectivity index (χ0) is 9.07. The first kappa shape index (κ1) is 9.80. The molecule has 0 aliphatic carbocycles. The Morgan fingerprint density at radius 1 is 1.45 bits per heavy atom. The van der Waals surface area contributed by atoms with Crippen molar-refractivity contribution in [3.8, 4) is 0 Å². The van der Waals surface area contributed by atoms with Crippen molar-refractivity contribution in [1.29, 1.82) is 5.41 Å². The SMILES string of the molecule is N=C(N)/C(=C\N)CC(F)(F)F. The average molecular weight is 167 g/mol. The number of hydrogen-bond acceptors (Lipinski definition) is 2. The van der Waals surface area contributed by atoms with Gasteiger partial charge in [-0.2, -0.15) is 13.2 Å². The van der Waals surface area contributed by atoms with Crippen molar-refractivity contribution in [2.45, 2.75) is 12.6 Å². The maximum absolute atomic E-state index is 11.6. The number of nitrogens with one attached hydrogen (secondary N) is 1. The Balaban J connectivity index is 4.24. The second kappa shape index (κ2) is 3.27. The third kappa shape index (κ3) is 4.24. The van der Waals surface area contributed by atoms with Gasteiger partial charge in [-0.3, -0.25) is 5.41 Å². The molecule has 5 N–H and O–H groups in total. The maximum atomic E-state index is 11.6. The van der Waals surface area contributed by atoms with Gasteiger partial charge in [-0.25, -0.2) is 0 Å². The van der Waals surface area contributed by atoms with Crippen LogP contribution in [0, 0.1) is 5.41 Å². The lowest BCUT2D eigenvalue weighted by Gasteiger charge is -2.07. The van der Waals surface area contributed by atoms with Crippen LogP contribution in [0.15, 0.2) is 11.8 Å². The monoisotopic (exact) mass is 167 g/mol. The Morgan fingerprint density at radius 2 is 1.91 bits per heavy atom. The quantitative estimate of drug-likeness (QED) is 0.418. The van der Waals surface area contributed by atoms with Gasteiger partial charge in [0.15, 0.2) is 0 Å². The molecular weight excluding hydrogens is 159 g/mol. The van der Waals surface area contributed by atoms with E-state index in [4.69, 9.17) is 16.9 Å². The minimum Gasteiger partial charge on any atom is -0.404 e. The van der Waals surface area contributed by atoms with Crippen LogP contribution in [0.3, 0.4) is 0 Å². The Kier molecular flexibility index (Phi) is 2.91. The lowest BCUT2D eigenvalue weighted by molar-refractivity contribution is -0.126. The van der Waals surface area contributed by atoms with Gasteiger partial charge in [-0.1, -0.05) is 0 Å². The van der Waals surface area contributed by atoms with Gasteiger partial charge in [0.25, 0.3) is 0 Å². The van der Waals surface area contributed by atoms with E-state index in [1.54, 1.807) is 0 Å². The van der Waals surface area contributed by atoms with E-state index < -0.39 is 24.0 Å². The first-order chi connectivity index (χ1) is 4.87. The molecule has 0 aromatic heterocycles. The molecule has 0 heterocycles. The van der Waals surface area contributed by atoms with Crippen LogP contribution in [0.2, 0.25) is 0 Å². The highest BCUT2D eigenvalue weighted by Gasteiger charge is 2.29. The number of nitrogens with two attached hydrogens (primary N) is 2. The Bertz CT molecular complexity index is 182. The molecule has 0 spiro atoms. The second-order valence-corrected chi connectivity index (χ2v) is 1.90. The number of alkyl halides is 3. The molecule has 0 unspecified atom stereocenters. The summed E-state index contributed by atoms with van der Waals surface area (Å²) in [7, 11) is 0. The molecule has 0 aromatic rings. The van der Waals surface area contributed by atoms with E-state index in [1.165, 1.54) is 0 Å². The van der Waals surface area contributed by atoms with Crippen LogP contribution in [0.5, 0.6) is 0 Å². The van der Waals surface area contributed by atoms with Crippen LogP contribution in [0.4, 0.5) is 13.2 Å². The summed E-state index contributed by atoms with van der Waals surface area (Å²) >= 11 is 0. The zero-order valence-corrected chi connectivity index (χ0v) is 5.57. The Hall–Kier alpha value is -1.20. The van der Waals surface area contributed by atoms with Crippen LogP contribution < -0.4 is 11.5 Å². The summed E-state index contributed by atoms with van der Waals surface area (Å²) in [5.41, 5.74) is 9.18. The number of rotatable bonds is 2. The molecule has 0 aromatic carbocycles. The molecule has 0 radical (unpaired) electrons. The summed E-state index contributed by atoms with van der Waals surface area (Å²) in [5, 5.41) is 6.66. The highest BCUT2D eigenvalue weighted by molar-refractivity contribution is 5.94. The summed E-state index contributed by atoms with van der Waals surface area (Å²) in [6.07, 6.45) is -4.93. The van der Waals surface area contributed by atoms with E-state index in [9.17, 15) is 13.2 Å². The van der Waals surface area contributed by atoms with Crippen molar-refractivity contribution in [2.75, 3.05) is 0 Å². The van der Waals surface area contributed by atoms with Crippen LogP contribution in [-0.4, -0.2) is 12.0 Å². The average Bonchev–Trinajstić information content (AvgIpc) is 1.80. The van der Waals surface area contributed by atoms with Gasteiger partial charge in [0, 0.05) is 11.8 Å². The third-order valence-corrected chi connectivity index (χ3v) is 0.938. The topological polar surface area (TPSA) is 75.9 Å². The van der Waals surface area contributed by atoms with E-state index in [1.807, 2.05) is 0 Å². The first-order valence-electron chi connectivity index (χ1n) is 2.68. The molecule has 0 amide bonds. The van der Waals surface area contributed by atoms with E-state index in [2.05, 4.69) is 0 Å². The zero-order valence-electron chi connectivity index (χ0n) is 5.57. The molecule has 11 heavy (non-hydrogen) atoms.